The van der Waals surface area contributed by atoms with Gasteiger partial charge >= 0.3 is 31.1 Å². The first-order valence-electron chi connectivity index (χ1n) is 6.89. The first-order valence-corrected chi connectivity index (χ1v) is 8.63. The average molecular weight is 388 g/mol. The van der Waals surface area contributed by atoms with Crippen LogP contribution < -0.4 is 16.0 Å². The monoisotopic (exact) mass is 387 g/mol. The largest absolute Gasteiger partial charge is 0.480 e. The number of piperidine rings is 1. The van der Waals surface area contributed by atoms with Crippen molar-refractivity contribution in [2.75, 3.05) is 13.1 Å². The van der Waals surface area contributed by atoms with Crippen molar-refractivity contribution >= 4 is 39.0 Å². The van der Waals surface area contributed by atoms with Crippen LogP contribution in [0.4, 0.5) is 0 Å². The SMILES string of the molecule is [Cl][Cu+].[OH+]=C1N=c2ccccc2=C1N[N-]C(=[SH+])N1CCCCC1. The average Bonchev–Trinajstić information content (AvgIpc) is 2.90. The summed E-state index contributed by atoms with van der Waals surface area (Å²) in [6, 6.07) is 7.55. The van der Waals surface area contributed by atoms with Gasteiger partial charge in [-0.15, -0.1) is 0 Å². The van der Waals surface area contributed by atoms with E-state index in [1.54, 1.807) is 0 Å². The van der Waals surface area contributed by atoms with Gasteiger partial charge in [0.1, 0.15) is 0 Å². The minimum absolute atomic E-state index is 0.0327. The fourth-order valence-corrected chi connectivity index (χ4v) is 2.70. The van der Waals surface area contributed by atoms with E-state index in [4.69, 9.17) is 0 Å². The van der Waals surface area contributed by atoms with Gasteiger partial charge < -0.3 is 10.9 Å². The predicted octanol–water partition coefficient (Wildman–Crippen LogP) is 0.348. The number of likely N-dealkylation sites (tertiary alicyclic amines) is 1. The van der Waals surface area contributed by atoms with Crippen LogP contribution in [0.25, 0.3) is 11.1 Å². The van der Waals surface area contributed by atoms with Crippen LogP contribution in [0, 0.1) is 0 Å². The van der Waals surface area contributed by atoms with E-state index in [0.717, 1.165) is 23.7 Å². The molecule has 1 aromatic carbocycles. The van der Waals surface area contributed by atoms with E-state index in [0.29, 0.717) is 10.8 Å². The number of halogens is 1. The topological polar surface area (TPSA) is 63.1 Å². The molecule has 2 aliphatic rings. The molecule has 2 N–H and O–H groups in total. The van der Waals surface area contributed by atoms with E-state index < -0.39 is 0 Å². The van der Waals surface area contributed by atoms with Crippen LogP contribution in [0.15, 0.2) is 29.3 Å². The van der Waals surface area contributed by atoms with Crippen LogP contribution >= 0.6 is 10.1 Å². The Morgan fingerprint density at radius 2 is 1.95 bits per heavy atom. The summed E-state index contributed by atoms with van der Waals surface area (Å²) < 4.78 is 0. The molecule has 1 amide bonds. The molecule has 1 aromatic rings. The number of nitrogens with one attached hydrogen (secondary N) is 1. The first-order chi connectivity index (χ1) is 10.8. The maximum atomic E-state index is 9.88. The van der Waals surface area contributed by atoms with Crippen molar-refractivity contribution in [3.8, 4) is 0 Å². The number of nitrogens with zero attached hydrogens (tertiary/aromatic N) is 3. The van der Waals surface area contributed by atoms with E-state index >= 15 is 0 Å². The quantitative estimate of drug-likeness (QED) is 0.261. The third kappa shape index (κ3) is 4.13. The fraction of sp³-hybridized carbons (Fsp3) is 0.357. The Labute approximate surface area is 146 Å². The Morgan fingerprint density at radius 3 is 2.68 bits per heavy atom. The summed E-state index contributed by atoms with van der Waals surface area (Å²) in [5, 5.41) is 2.25. The van der Waals surface area contributed by atoms with Crippen LogP contribution in [-0.4, -0.2) is 33.8 Å². The maximum Gasteiger partial charge on any atom is 0.463 e. The number of amides is 1. The van der Waals surface area contributed by atoms with Gasteiger partial charge in [0.25, 0.3) is 0 Å². The van der Waals surface area contributed by atoms with Crippen molar-refractivity contribution in [3.63, 3.8) is 0 Å². The molecule has 8 heteroatoms. The van der Waals surface area contributed by atoms with Crippen LogP contribution in [0.5, 0.6) is 0 Å². The predicted molar refractivity (Wildman–Crippen MR) is 89.1 cm³/mol. The molecule has 121 valence electrons. The molecule has 0 aromatic heterocycles. The Kier molecular flexibility index (Phi) is 6.95. The molecule has 1 saturated heterocycles. The summed E-state index contributed by atoms with van der Waals surface area (Å²) in [5.41, 5.74) is 7.68. The van der Waals surface area contributed by atoms with Gasteiger partial charge in [-0.05, 0) is 18.9 Å². The summed E-state index contributed by atoms with van der Waals surface area (Å²) >= 11 is 8.08. The number of hydrogen-bond donors (Lipinski definition) is 1. The number of carbonyl (C=O) groups excluding carboxylic acids is 1. The van der Waals surface area contributed by atoms with Crippen LogP contribution in [0.1, 0.15) is 19.3 Å². The van der Waals surface area contributed by atoms with Crippen LogP contribution in [0.3, 0.4) is 0 Å². The van der Waals surface area contributed by atoms with Gasteiger partial charge in [-0.2, -0.15) is 4.99 Å². The Balaban J connectivity index is 0.000000847. The van der Waals surface area contributed by atoms with Crippen LogP contribution in [-0.2, 0) is 27.3 Å². The van der Waals surface area contributed by atoms with Gasteiger partial charge in [0, 0.05) is 18.3 Å². The van der Waals surface area contributed by atoms with Crippen molar-refractivity contribution < 1.29 is 19.9 Å². The molecule has 22 heavy (non-hydrogen) atoms. The third-order valence-electron chi connectivity index (χ3n) is 3.53. The zero-order valence-corrected chi connectivity index (χ0v) is 14.4. The number of rotatable bonds is 2. The van der Waals surface area contributed by atoms with E-state index in [9.17, 15) is 4.79 Å². The van der Waals surface area contributed by atoms with E-state index in [-0.39, 0.29) is 5.91 Å². The van der Waals surface area contributed by atoms with Gasteiger partial charge in [0.05, 0.1) is 5.36 Å². The minimum atomic E-state index is -0.0327. The number of benzene rings is 1. The van der Waals surface area contributed by atoms with Gasteiger partial charge in [-0.3, -0.25) is 4.79 Å². The Bertz CT molecular complexity index is 676. The molecular formula is C14H17ClCuN4OS+2. The van der Waals surface area contributed by atoms with Crippen molar-refractivity contribution in [2.45, 2.75) is 19.3 Å². The molecule has 1 fully saturated rings. The van der Waals surface area contributed by atoms with Gasteiger partial charge in [-0.1, -0.05) is 24.6 Å². The first kappa shape index (κ1) is 17.5. The summed E-state index contributed by atoms with van der Waals surface area (Å²) in [4.78, 5) is 16.1. The smallest absolute Gasteiger partial charge is 0.463 e. The second-order valence-electron chi connectivity index (χ2n) is 4.90. The summed E-state index contributed by atoms with van der Waals surface area (Å²) in [7, 11) is 4.20. The third-order valence-corrected chi connectivity index (χ3v) is 3.91. The minimum Gasteiger partial charge on any atom is -0.480 e. The van der Waals surface area contributed by atoms with E-state index in [1.807, 2.05) is 24.3 Å². The molecule has 0 atom stereocenters. The van der Waals surface area contributed by atoms with E-state index in [1.165, 1.54) is 19.3 Å². The van der Waals surface area contributed by atoms with Crippen molar-refractivity contribution in [1.29, 1.82) is 0 Å². The molecule has 0 saturated carbocycles. The summed E-state index contributed by atoms with van der Waals surface area (Å²) in [5.74, 6) is -0.0327. The second kappa shape index (κ2) is 8.72. The number of para-hydroxylation sites is 1. The Hall–Kier alpha value is -0.821. The van der Waals surface area contributed by atoms with E-state index in [2.05, 4.69) is 58.2 Å². The molecule has 0 spiro atoms. The molecule has 3 rings (SSSR count). The zero-order chi connectivity index (χ0) is 15.9. The van der Waals surface area contributed by atoms with Crippen LogP contribution in [0.2, 0.25) is 0 Å². The Morgan fingerprint density at radius 1 is 1.27 bits per heavy atom. The molecule has 5 nitrogen and oxygen atoms in total. The van der Waals surface area contributed by atoms with Crippen molar-refractivity contribution in [1.82, 2.24) is 10.3 Å². The maximum absolute atomic E-state index is 9.88. The molecule has 0 aliphatic carbocycles. The second-order valence-corrected chi connectivity index (χ2v) is 5.30. The summed E-state index contributed by atoms with van der Waals surface area (Å²) in [6.45, 7) is 1.96. The number of hydrogen-bond acceptors (Lipinski definition) is 1. The number of thiol groups is 1. The fourth-order valence-electron chi connectivity index (χ4n) is 2.45. The zero-order valence-electron chi connectivity index (χ0n) is 11.8. The van der Waals surface area contributed by atoms with Gasteiger partial charge in [0.15, 0.2) is 23.0 Å². The molecule has 0 unspecified atom stereocenters. The number of fused-ring (bicyclic) bond motifs is 1. The van der Waals surface area contributed by atoms with Crippen molar-refractivity contribution in [3.05, 3.63) is 40.3 Å². The van der Waals surface area contributed by atoms with Crippen molar-refractivity contribution in [2.24, 2.45) is 4.99 Å². The molecule has 2 aliphatic heterocycles. The molecular weight excluding hydrogens is 371 g/mol. The van der Waals surface area contributed by atoms with Gasteiger partial charge in [0.2, 0.25) is 0 Å². The molecule has 2 heterocycles. The molecule has 0 bridgehead atoms. The standard InChI is InChI=1S/C14H16N4OS.ClH.Cu/c19-13-12(10-6-2-3-7-11(10)15-13)16-17-14(20)18-8-4-1-5-9-18;;/h2-3,6-7H,1,4-5,8-9H2,(H2,15,16,17,19,20);1H;/q;;+2. The summed E-state index contributed by atoms with van der Waals surface area (Å²) in [6.07, 6.45) is 3.61. The normalized spacial score (nSPS) is 17.2. The molecule has 0 radical (unpaired) electrons. The van der Waals surface area contributed by atoms with Gasteiger partial charge in [-0.25, -0.2) is 4.90 Å².